The first-order valence-corrected chi connectivity index (χ1v) is 8.06. The average Bonchev–Trinajstić information content (AvgIpc) is 2.49. The summed E-state index contributed by atoms with van der Waals surface area (Å²) < 4.78 is 6.86. The van der Waals surface area contributed by atoms with Crippen molar-refractivity contribution in [1.29, 1.82) is 0 Å². The third-order valence-corrected chi connectivity index (χ3v) is 4.21. The average molecular weight is 393 g/mol. The van der Waals surface area contributed by atoms with Crippen molar-refractivity contribution in [3.05, 3.63) is 64.6 Å². The van der Waals surface area contributed by atoms with E-state index in [1.807, 2.05) is 42.5 Å². The van der Waals surface area contributed by atoms with E-state index < -0.39 is 0 Å². The minimum Gasteiger partial charge on any atom is -0.438 e. The lowest BCUT2D eigenvalue weighted by atomic mass is 10.2. The van der Waals surface area contributed by atoms with E-state index in [1.165, 1.54) is 0 Å². The predicted molar refractivity (Wildman–Crippen MR) is 88.6 cm³/mol. The Morgan fingerprint density at radius 3 is 2.55 bits per heavy atom. The molecule has 0 radical (unpaired) electrons. The molecule has 20 heavy (non-hydrogen) atoms. The van der Waals surface area contributed by atoms with Crippen molar-refractivity contribution < 1.29 is 4.74 Å². The maximum atomic E-state index is 5.95. The number of pyridine rings is 1. The monoisotopic (exact) mass is 391 g/mol. The third kappa shape index (κ3) is 2.72. The molecule has 2 aromatic carbocycles. The summed E-state index contributed by atoms with van der Waals surface area (Å²) in [6.07, 6.45) is 0. The van der Waals surface area contributed by atoms with Gasteiger partial charge in [-0.2, -0.15) is 0 Å². The third-order valence-electron chi connectivity index (χ3n) is 2.95. The van der Waals surface area contributed by atoms with E-state index >= 15 is 0 Å². The number of hydrogen-bond acceptors (Lipinski definition) is 2. The lowest BCUT2D eigenvalue weighted by Gasteiger charge is -2.11. The standard InChI is InChI=1S/C16H11Br2NO/c17-10-12-9-11-5-1-3-7-14(11)19-16(12)20-15-8-4-2-6-13(15)18/h1-9H,10H2. The highest BCUT2D eigenvalue weighted by Gasteiger charge is 2.10. The fourth-order valence-corrected chi connectivity index (χ4v) is 2.73. The summed E-state index contributed by atoms with van der Waals surface area (Å²) in [6, 6.07) is 17.9. The number of alkyl halides is 1. The van der Waals surface area contributed by atoms with E-state index in [4.69, 9.17) is 4.74 Å². The number of hydrogen-bond donors (Lipinski definition) is 0. The lowest BCUT2D eigenvalue weighted by molar-refractivity contribution is 0.458. The molecule has 0 aliphatic rings. The number of aromatic nitrogens is 1. The molecular weight excluding hydrogens is 382 g/mol. The van der Waals surface area contributed by atoms with Crippen molar-refractivity contribution in [3.8, 4) is 11.6 Å². The zero-order valence-electron chi connectivity index (χ0n) is 10.5. The van der Waals surface area contributed by atoms with Gasteiger partial charge in [-0.15, -0.1) is 0 Å². The maximum absolute atomic E-state index is 5.95. The van der Waals surface area contributed by atoms with E-state index in [1.54, 1.807) is 0 Å². The summed E-state index contributed by atoms with van der Waals surface area (Å²) in [6.45, 7) is 0. The zero-order valence-corrected chi connectivity index (χ0v) is 13.7. The van der Waals surface area contributed by atoms with Gasteiger partial charge in [-0.25, -0.2) is 4.98 Å². The van der Waals surface area contributed by atoms with Crippen LogP contribution in [0.3, 0.4) is 0 Å². The molecule has 2 nitrogen and oxygen atoms in total. The Labute approximate surface area is 134 Å². The Bertz CT molecular complexity index is 758. The Hall–Kier alpha value is -1.39. The molecule has 0 N–H and O–H groups in total. The molecule has 4 heteroatoms. The smallest absolute Gasteiger partial charge is 0.223 e. The highest BCUT2D eigenvalue weighted by Crippen LogP contribution is 2.32. The SMILES string of the molecule is BrCc1cc2ccccc2nc1Oc1ccccc1Br. The quantitative estimate of drug-likeness (QED) is 0.534. The van der Waals surface area contributed by atoms with Crippen LogP contribution in [0.15, 0.2) is 59.1 Å². The molecule has 1 heterocycles. The van der Waals surface area contributed by atoms with Gasteiger partial charge in [-0.05, 0) is 40.2 Å². The Morgan fingerprint density at radius 2 is 1.75 bits per heavy atom. The van der Waals surface area contributed by atoms with Crippen LogP contribution in [0, 0.1) is 0 Å². The van der Waals surface area contributed by atoms with Crippen LogP contribution in [0.25, 0.3) is 10.9 Å². The summed E-state index contributed by atoms with van der Waals surface area (Å²) in [7, 11) is 0. The van der Waals surface area contributed by atoms with Gasteiger partial charge >= 0.3 is 0 Å². The van der Waals surface area contributed by atoms with Crippen LogP contribution in [0.2, 0.25) is 0 Å². The maximum Gasteiger partial charge on any atom is 0.223 e. The molecule has 0 fully saturated rings. The molecule has 3 rings (SSSR count). The minimum atomic E-state index is 0.632. The summed E-state index contributed by atoms with van der Waals surface area (Å²) in [5.41, 5.74) is 1.96. The van der Waals surface area contributed by atoms with E-state index in [-0.39, 0.29) is 0 Å². The second-order valence-electron chi connectivity index (χ2n) is 4.31. The highest BCUT2D eigenvalue weighted by molar-refractivity contribution is 9.10. The van der Waals surface area contributed by atoms with Crippen molar-refractivity contribution in [2.75, 3.05) is 0 Å². The molecule has 0 amide bonds. The number of halogens is 2. The molecule has 0 saturated carbocycles. The van der Waals surface area contributed by atoms with Gasteiger partial charge in [-0.3, -0.25) is 0 Å². The number of nitrogens with zero attached hydrogens (tertiary/aromatic N) is 1. The molecule has 0 bridgehead atoms. The van der Waals surface area contributed by atoms with Crippen LogP contribution in [-0.2, 0) is 5.33 Å². The number of rotatable bonds is 3. The topological polar surface area (TPSA) is 22.1 Å². The Morgan fingerprint density at radius 1 is 1.00 bits per heavy atom. The lowest BCUT2D eigenvalue weighted by Crippen LogP contribution is -1.94. The van der Waals surface area contributed by atoms with Crippen LogP contribution < -0.4 is 4.74 Å². The van der Waals surface area contributed by atoms with Gasteiger partial charge < -0.3 is 4.74 Å². The molecule has 0 spiro atoms. The van der Waals surface area contributed by atoms with Gasteiger partial charge in [0, 0.05) is 16.3 Å². The highest BCUT2D eigenvalue weighted by atomic mass is 79.9. The van der Waals surface area contributed by atoms with E-state index in [9.17, 15) is 0 Å². The summed E-state index contributed by atoms with van der Waals surface area (Å²) in [4.78, 5) is 4.61. The molecule has 1 aromatic heterocycles. The molecule has 0 aliphatic carbocycles. The van der Waals surface area contributed by atoms with E-state index in [2.05, 4.69) is 49.0 Å². The second kappa shape index (κ2) is 5.94. The summed E-state index contributed by atoms with van der Waals surface area (Å²) in [5, 5.41) is 1.81. The summed E-state index contributed by atoms with van der Waals surface area (Å²) >= 11 is 6.98. The number of benzene rings is 2. The van der Waals surface area contributed by atoms with Crippen LogP contribution in [0.1, 0.15) is 5.56 Å². The van der Waals surface area contributed by atoms with Gasteiger partial charge in [0.2, 0.25) is 5.88 Å². The van der Waals surface area contributed by atoms with Crippen LogP contribution in [-0.4, -0.2) is 4.98 Å². The zero-order chi connectivity index (χ0) is 13.9. The first-order valence-electron chi connectivity index (χ1n) is 6.15. The van der Waals surface area contributed by atoms with Gasteiger partial charge in [-0.1, -0.05) is 46.3 Å². The molecule has 0 atom stereocenters. The van der Waals surface area contributed by atoms with Crippen molar-refractivity contribution in [2.24, 2.45) is 0 Å². The molecular formula is C16H11Br2NO. The van der Waals surface area contributed by atoms with Crippen molar-refractivity contribution in [1.82, 2.24) is 4.98 Å². The van der Waals surface area contributed by atoms with Crippen molar-refractivity contribution in [3.63, 3.8) is 0 Å². The molecule has 3 aromatic rings. The fourth-order valence-electron chi connectivity index (χ4n) is 1.96. The minimum absolute atomic E-state index is 0.632. The van der Waals surface area contributed by atoms with Crippen molar-refractivity contribution in [2.45, 2.75) is 5.33 Å². The van der Waals surface area contributed by atoms with E-state index in [0.717, 1.165) is 26.7 Å². The van der Waals surface area contributed by atoms with Gasteiger partial charge in [0.15, 0.2) is 0 Å². The van der Waals surface area contributed by atoms with Gasteiger partial charge in [0.05, 0.1) is 9.99 Å². The number of para-hydroxylation sites is 2. The summed E-state index contributed by atoms with van der Waals surface area (Å²) in [5.74, 6) is 1.39. The first kappa shape index (κ1) is 13.6. The molecule has 0 aliphatic heterocycles. The predicted octanol–water partition coefficient (Wildman–Crippen LogP) is 5.68. The van der Waals surface area contributed by atoms with Gasteiger partial charge in [0.1, 0.15) is 5.75 Å². The molecule has 0 unspecified atom stereocenters. The van der Waals surface area contributed by atoms with Crippen molar-refractivity contribution >= 4 is 42.8 Å². The van der Waals surface area contributed by atoms with E-state index in [0.29, 0.717) is 11.2 Å². The second-order valence-corrected chi connectivity index (χ2v) is 5.73. The van der Waals surface area contributed by atoms with Gasteiger partial charge in [0.25, 0.3) is 0 Å². The Kier molecular flexibility index (Phi) is 4.03. The molecule has 100 valence electrons. The Balaban J connectivity index is 2.08. The molecule has 0 saturated heterocycles. The fraction of sp³-hybridized carbons (Fsp3) is 0.0625. The van der Waals surface area contributed by atoms with Crippen LogP contribution in [0.5, 0.6) is 11.6 Å². The van der Waals surface area contributed by atoms with Crippen LogP contribution >= 0.6 is 31.9 Å². The first-order chi connectivity index (χ1) is 9.78. The largest absolute Gasteiger partial charge is 0.438 e. The number of fused-ring (bicyclic) bond motifs is 1. The van der Waals surface area contributed by atoms with Crippen LogP contribution in [0.4, 0.5) is 0 Å². The number of ether oxygens (including phenoxy) is 1. The normalized spacial score (nSPS) is 10.7.